The van der Waals surface area contributed by atoms with Gasteiger partial charge in [0.2, 0.25) is 0 Å². The molecule has 1 aromatic rings. The van der Waals surface area contributed by atoms with Crippen LogP contribution in [0.15, 0.2) is 18.6 Å². The molecule has 1 aromatic heterocycles. The highest BCUT2D eigenvalue weighted by atomic mass is 16.3. The third-order valence-corrected chi connectivity index (χ3v) is 3.79. The van der Waals surface area contributed by atoms with Gasteiger partial charge < -0.3 is 5.11 Å². The molecule has 0 spiro atoms. The van der Waals surface area contributed by atoms with E-state index in [-0.39, 0.29) is 0 Å². The van der Waals surface area contributed by atoms with Gasteiger partial charge in [-0.2, -0.15) is 0 Å². The Morgan fingerprint density at radius 2 is 2.25 bits per heavy atom. The molecule has 1 aliphatic rings. The summed E-state index contributed by atoms with van der Waals surface area (Å²) in [4.78, 5) is 8.31. The van der Waals surface area contributed by atoms with Crippen LogP contribution in [0.2, 0.25) is 0 Å². The lowest BCUT2D eigenvalue weighted by Crippen LogP contribution is -2.26. The van der Waals surface area contributed by atoms with E-state index in [0.29, 0.717) is 0 Å². The molecule has 0 saturated heterocycles. The van der Waals surface area contributed by atoms with Crippen LogP contribution in [0.1, 0.15) is 51.1 Å². The summed E-state index contributed by atoms with van der Waals surface area (Å²) in [5, 5.41) is 10.6. The second-order valence-electron chi connectivity index (χ2n) is 4.83. The molecule has 2 rings (SSSR count). The van der Waals surface area contributed by atoms with Gasteiger partial charge in [-0.3, -0.25) is 9.97 Å². The minimum Gasteiger partial charge on any atom is -0.383 e. The van der Waals surface area contributed by atoms with Gasteiger partial charge in [-0.1, -0.05) is 19.8 Å². The van der Waals surface area contributed by atoms with Crippen LogP contribution in [-0.4, -0.2) is 15.1 Å². The molecule has 1 fully saturated rings. The van der Waals surface area contributed by atoms with Crippen LogP contribution in [0.5, 0.6) is 0 Å². The average molecular weight is 220 g/mol. The van der Waals surface area contributed by atoms with E-state index in [2.05, 4.69) is 16.9 Å². The van der Waals surface area contributed by atoms with Gasteiger partial charge in [0.05, 0.1) is 11.9 Å². The average Bonchev–Trinajstić information content (AvgIpc) is 2.53. The first-order valence-electron chi connectivity index (χ1n) is 6.23. The van der Waals surface area contributed by atoms with Crippen molar-refractivity contribution in [3.63, 3.8) is 0 Å². The maximum atomic E-state index is 10.6. The highest BCUT2D eigenvalue weighted by Crippen LogP contribution is 2.37. The van der Waals surface area contributed by atoms with E-state index < -0.39 is 5.60 Å². The van der Waals surface area contributed by atoms with E-state index in [1.165, 1.54) is 12.8 Å². The van der Waals surface area contributed by atoms with E-state index >= 15 is 0 Å². The molecule has 3 heteroatoms. The molecule has 0 aromatic carbocycles. The Bertz CT molecular complexity index is 328. The third kappa shape index (κ3) is 2.40. The fraction of sp³-hybridized carbons (Fsp3) is 0.692. The first kappa shape index (κ1) is 11.5. The summed E-state index contributed by atoms with van der Waals surface area (Å²) in [7, 11) is 0. The molecule has 0 aliphatic heterocycles. The van der Waals surface area contributed by atoms with Gasteiger partial charge in [0.15, 0.2) is 0 Å². The zero-order valence-electron chi connectivity index (χ0n) is 9.89. The molecule has 1 aliphatic carbocycles. The maximum Gasteiger partial charge on any atom is 0.108 e. The van der Waals surface area contributed by atoms with Crippen molar-refractivity contribution in [1.29, 1.82) is 0 Å². The summed E-state index contributed by atoms with van der Waals surface area (Å²) in [6, 6.07) is 0. The molecular formula is C13H20N2O. The van der Waals surface area contributed by atoms with Gasteiger partial charge in [-0.25, -0.2) is 0 Å². The second-order valence-corrected chi connectivity index (χ2v) is 4.83. The molecule has 1 saturated carbocycles. The van der Waals surface area contributed by atoms with Crippen molar-refractivity contribution in [1.82, 2.24) is 9.97 Å². The fourth-order valence-electron chi connectivity index (χ4n) is 2.60. The Morgan fingerprint density at radius 3 is 2.94 bits per heavy atom. The number of hydrogen-bond acceptors (Lipinski definition) is 3. The lowest BCUT2D eigenvalue weighted by molar-refractivity contribution is 0.0150. The molecule has 1 N–H and O–H groups in total. The minimum atomic E-state index is -0.738. The van der Waals surface area contributed by atoms with Gasteiger partial charge in [-0.15, -0.1) is 0 Å². The van der Waals surface area contributed by atoms with Crippen molar-refractivity contribution in [3.8, 4) is 0 Å². The molecule has 16 heavy (non-hydrogen) atoms. The maximum absolute atomic E-state index is 10.6. The van der Waals surface area contributed by atoms with Gasteiger partial charge in [0.25, 0.3) is 0 Å². The van der Waals surface area contributed by atoms with Crippen LogP contribution in [0.4, 0.5) is 0 Å². The SMILES string of the molecule is CCC1CCCC(O)(c2cnccn2)CC1. The van der Waals surface area contributed by atoms with Gasteiger partial charge in [0, 0.05) is 12.4 Å². The summed E-state index contributed by atoms with van der Waals surface area (Å²) in [6.45, 7) is 2.23. The van der Waals surface area contributed by atoms with Crippen LogP contribution in [0.25, 0.3) is 0 Å². The van der Waals surface area contributed by atoms with Crippen LogP contribution >= 0.6 is 0 Å². The monoisotopic (exact) mass is 220 g/mol. The van der Waals surface area contributed by atoms with Crippen molar-refractivity contribution < 1.29 is 5.11 Å². The summed E-state index contributed by atoms with van der Waals surface area (Å²) < 4.78 is 0. The Kier molecular flexibility index (Phi) is 3.54. The molecule has 1 heterocycles. The quantitative estimate of drug-likeness (QED) is 0.779. The largest absolute Gasteiger partial charge is 0.383 e. The minimum absolute atomic E-state index is 0.738. The summed E-state index contributed by atoms with van der Waals surface area (Å²) >= 11 is 0. The third-order valence-electron chi connectivity index (χ3n) is 3.79. The number of aromatic nitrogens is 2. The van der Waals surface area contributed by atoms with Gasteiger partial charge >= 0.3 is 0 Å². The Labute approximate surface area is 96.9 Å². The molecule has 88 valence electrons. The molecule has 0 bridgehead atoms. The van der Waals surface area contributed by atoms with Crippen LogP contribution in [0.3, 0.4) is 0 Å². The van der Waals surface area contributed by atoms with Crippen molar-refractivity contribution >= 4 is 0 Å². The second kappa shape index (κ2) is 4.91. The number of nitrogens with zero attached hydrogens (tertiary/aromatic N) is 2. The highest BCUT2D eigenvalue weighted by molar-refractivity contribution is 5.08. The number of aliphatic hydroxyl groups is 1. The fourth-order valence-corrected chi connectivity index (χ4v) is 2.60. The lowest BCUT2D eigenvalue weighted by Gasteiger charge is -2.25. The molecule has 0 radical (unpaired) electrons. The first-order valence-corrected chi connectivity index (χ1v) is 6.23. The van der Waals surface area contributed by atoms with E-state index in [1.807, 2.05) is 0 Å². The summed E-state index contributed by atoms with van der Waals surface area (Å²) in [5.74, 6) is 0.769. The lowest BCUT2D eigenvalue weighted by atomic mass is 9.90. The van der Waals surface area contributed by atoms with E-state index in [9.17, 15) is 5.11 Å². The van der Waals surface area contributed by atoms with Crippen LogP contribution < -0.4 is 0 Å². The van der Waals surface area contributed by atoms with E-state index in [4.69, 9.17) is 0 Å². The van der Waals surface area contributed by atoms with Gasteiger partial charge in [0.1, 0.15) is 5.60 Å². The van der Waals surface area contributed by atoms with Crippen LogP contribution in [-0.2, 0) is 5.60 Å². The Morgan fingerprint density at radius 1 is 1.38 bits per heavy atom. The number of rotatable bonds is 2. The zero-order valence-corrected chi connectivity index (χ0v) is 9.89. The smallest absolute Gasteiger partial charge is 0.108 e. The van der Waals surface area contributed by atoms with Crippen molar-refractivity contribution in [2.75, 3.05) is 0 Å². The van der Waals surface area contributed by atoms with Crippen molar-refractivity contribution in [2.45, 2.75) is 51.0 Å². The molecule has 3 nitrogen and oxygen atoms in total. The molecular weight excluding hydrogens is 200 g/mol. The Balaban J connectivity index is 2.13. The summed E-state index contributed by atoms with van der Waals surface area (Å²) in [5.41, 5.74) is 0.00445. The zero-order chi connectivity index (χ0) is 11.4. The predicted molar refractivity (Wildman–Crippen MR) is 62.8 cm³/mol. The molecule has 2 unspecified atom stereocenters. The number of hydrogen-bond donors (Lipinski definition) is 1. The van der Waals surface area contributed by atoms with E-state index in [0.717, 1.165) is 37.3 Å². The van der Waals surface area contributed by atoms with Crippen molar-refractivity contribution in [3.05, 3.63) is 24.3 Å². The Hall–Kier alpha value is -0.960. The van der Waals surface area contributed by atoms with Crippen LogP contribution in [0, 0.1) is 5.92 Å². The highest BCUT2D eigenvalue weighted by Gasteiger charge is 2.33. The molecule has 2 atom stereocenters. The standard InChI is InChI=1S/C13H20N2O/c1-2-11-4-3-6-13(16,7-5-11)12-10-14-8-9-15-12/h8-11,16H,2-7H2,1H3. The first-order chi connectivity index (χ1) is 7.74. The van der Waals surface area contributed by atoms with Crippen molar-refractivity contribution in [2.24, 2.45) is 5.92 Å². The predicted octanol–water partition coefficient (Wildman–Crippen LogP) is 2.65. The van der Waals surface area contributed by atoms with E-state index in [1.54, 1.807) is 18.6 Å². The van der Waals surface area contributed by atoms with Gasteiger partial charge in [-0.05, 0) is 31.6 Å². The normalized spacial score (nSPS) is 31.0. The summed E-state index contributed by atoms with van der Waals surface area (Å²) in [6.07, 6.45) is 11.3. The molecule has 0 amide bonds. The topological polar surface area (TPSA) is 46.0 Å².